The summed E-state index contributed by atoms with van der Waals surface area (Å²) >= 11 is 0. The molecule has 0 aliphatic carbocycles. The summed E-state index contributed by atoms with van der Waals surface area (Å²) in [5.41, 5.74) is -0.940. The van der Waals surface area contributed by atoms with Gasteiger partial charge >= 0.3 is 6.09 Å². The number of alkyl carbamates (subject to hydrolysis) is 1. The summed E-state index contributed by atoms with van der Waals surface area (Å²) in [7, 11) is 0. The van der Waals surface area contributed by atoms with Gasteiger partial charge in [0.25, 0.3) is 0 Å². The SMILES string of the molecule is CC(C)(C)OC(=O)NCCC1(CCO)N=N1. The maximum absolute atomic E-state index is 11.3. The quantitative estimate of drug-likeness (QED) is 0.748. The van der Waals surface area contributed by atoms with Crippen molar-refractivity contribution in [1.82, 2.24) is 5.32 Å². The zero-order valence-electron chi connectivity index (χ0n) is 9.99. The number of amides is 1. The third-order valence-corrected chi connectivity index (χ3v) is 2.09. The van der Waals surface area contributed by atoms with Crippen LogP contribution in [0.4, 0.5) is 4.79 Å². The Kier molecular flexibility index (Phi) is 3.85. The summed E-state index contributed by atoms with van der Waals surface area (Å²) < 4.78 is 5.07. The topological polar surface area (TPSA) is 83.3 Å². The Morgan fingerprint density at radius 1 is 1.38 bits per heavy atom. The van der Waals surface area contributed by atoms with Crippen LogP contribution in [0.25, 0.3) is 0 Å². The van der Waals surface area contributed by atoms with Crippen LogP contribution in [0.3, 0.4) is 0 Å². The van der Waals surface area contributed by atoms with E-state index in [-0.39, 0.29) is 6.61 Å². The van der Waals surface area contributed by atoms with Crippen molar-refractivity contribution in [1.29, 1.82) is 0 Å². The Labute approximate surface area is 95.1 Å². The highest BCUT2D eigenvalue weighted by atomic mass is 16.6. The molecule has 1 aliphatic rings. The number of aliphatic hydroxyl groups excluding tert-OH is 1. The molecule has 0 saturated heterocycles. The molecule has 1 amide bonds. The Hall–Kier alpha value is -1.17. The minimum Gasteiger partial charge on any atom is -0.444 e. The molecule has 0 saturated carbocycles. The Morgan fingerprint density at radius 2 is 2.00 bits per heavy atom. The molecule has 16 heavy (non-hydrogen) atoms. The van der Waals surface area contributed by atoms with Gasteiger partial charge in [0.1, 0.15) is 5.60 Å². The molecular formula is C10H19N3O3. The van der Waals surface area contributed by atoms with Crippen LogP contribution >= 0.6 is 0 Å². The number of hydrogen-bond donors (Lipinski definition) is 2. The number of nitrogens with zero attached hydrogens (tertiary/aromatic N) is 2. The lowest BCUT2D eigenvalue weighted by atomic mass is 10.1. The van der Waals surface area contributed by atoms with Crippen LogP contribution in [-0.2, 0) is 4.74 Å². The lowest BCUT2D eigenvalue weighted by Gasteiger charge is -2.20. The molecule has 1 aliphatic heterocycles. The highest BCUT2D eigenvalue weighted by Crippen LogP contribution is 2.34. The van der Waals surface area contributed by atoms with Gasteiger partial charge in [-0.15, -0.1) is 0 Å². The third-order valence-electron chi connectivity index (χ3n) is 2.09. The highest BCUT2D eigenvalue weighted by molar-refractivity contribution is 5.67. The normalized spacial score (nSPS) is 17.0. The van der Waals surface area contributed by atoms with Gasteiger partial charge in [-0.3, -0.25) is 0 Å². The molecule has 6 heteroatoms. The Balaban J connectivity index is 2.14. The van der Waals surface area contributed by atoms with Crippen molar-refractivity contribution in [3.8, 4) is 0 Å². The molecule has 0 radical (unpaired) electrons. The van der Waals surface area contributed by atoms with E-state index in [9.17, 15) is 4.79 Å². The molecule has 0 spiro atoms. The van der Waals surface area contributed by atoms with Crippen LogP contribution in [0.2, 0.25) is 0 Å². The van der Waals surface area contributed by atoms with Gasteiger partial charge in [0.05, 0.1) is 0 Å². The molecule has 92 valence electrons. The molecule has 1 heterocycles. The molecular weight excluding hydrogens is 210 g/mol. The van der Waals surface area contributed by atoms with Gasteiger partial charge in [-0.25, -0.2) is 4.79 Å². The Bertz CT molecular complexity index is 278. The van der Waals surface area contributed by atoms with Gasteiger partial charge in [-0.05, 0) is 20.8 Å². The number of ether oxygens (including phenoxy) is 1. The highest BCUT2D eigenvalue weighted by Gasteiger charge is 2.38. The van der Waals surface area contributed by atoms with Gasteiger partial charge in [0.2, 0.25) is 0 Å². The molecule has 6 nitrogen and oxygen atoms in total. The first-order valence-corrected chi connectivity index (χ1v) is 5.39. The summed E-state index contributed by atoms with van der Waals surface area (Å²) in [6.45, 7) is 5.93. The van der Waals surface area contributed by atoms with Crippen LogP contribution in [0.15, 0.2) is 10.2 Å². The number of rotatable bonds is 5. The smallest absolute Gasteiger partial charge is 0.407 e. The largest absolute Gasteiger partial charge is 0.444 e. The van der Waals surface area contributed by atoms with Crippen molar-refractivity contribution in [3.63, 3.8) is 0 Å². The van der Waals surface area contributed by atoms with E-state index in [0.29, 0.717) is 19.4 Å². The maximum atomic E-state index is 11.3. The number of nitrogens with one attached hydrogen (secondary N) is 1. The average Bonchev–Trinajstić information content (AvgIpc) is 2.82. The van der Waals surface area contributed by atoms with E-state index >= 15 is 0 Å². The molecule has 1 rings (SSSR count). The molecule has 0 aromatic carbocycles. The standard InChI is InChI=1S/C10H19N3O3/c1-9(2,3)16-8(15)11-6-4-10(5-7-14)12-13-10/h14H,4-7H2,1-3H3,(H,11,15). The second-order valence-corrected chi connectivity index (χ2v) is 4.83. The number of hydrogen-bond acceptors (Lipinski definition) is 5. The summed E-state index contributed by atoms with van der Waals surface area (Å²) in [5.74, 6) is 0. The van der Waals surface area contributed by atoms with Crippen LogP contribution in [0, 0.1) is 0 Å². The van der Waals surface area contributed by atoms with E-state index in [1.165, 1.54) is 0 Å². The first kappa shape index (κ1) is 12.9. The fourth-order valence-corrected chi connectivity index (χ4v) is 1.25. The zero-order chi connectivity index (χ0) is 12.2. The number of aliphatic hydroxyl groups is 1. The van der Waals surface area contributed by atoms with Gasteiger partial charge in [-0.2, -0.15) is 10.2 Å². The monoisotopic (exact) mass is 229 g/mol. The second-order valence-electron chi connectivity index (χ2n) is 4.83. The van der Waals surface area contributed by atoms with Crippen LogP contribution in [0.1, 0.15) is 33.6 Å². The summed E-state index contributed by atoms with van der Waals surface area (Å²) in [5, 5.41) is 19.1. The number of carbonyl (C=O) groups excluding carboxylic acids is 1. The second kappa shape index (κ2) is 4.78. The fourth-order valence-electron chi connectivity index (χ4n) is 1.25. The van der Waals surface area contributed by atoms with E-state index < -0.39 is 17.4 Å². The van der Waals surface area contributed by atoms with Crippen molar-refractivity contribution < 1.29 is 14.6 Å². The van der Waals surface area contributed by atoms with E-state index in [4.69, 9.17) is 9.84 Å². The van der Waals surface area contributed by atoms with Gasteiger partial charge in [0.15, 0.2) is 5.66 Å². The van der Waals surface area contributed by atoms with E-state index in [2.05, 4.69) is 15.5 Å². The van der Waals surface area contributed by atoms with Gasteiger partial charge < -0.3 is 15.2 Å². The van der Waals surface area contributed by atoms with Crippen molar-refractivity contribution in [2.24, 2.45) is 10.2 Å². The molecule has 0 fully saturated rings. The molecule has 0 atom stereocenters. The first-order chi connectivity index (χ1) is 7.37. The number of carbonyl (C=O) groups is 1. The lowest BCUT2D eigenvalue weighted by Crippen LogP contribution is -2.34. The fraction of sp³-hybridized carbons (Fsp3) is 0.900. The van der Waals surface area contributed by atoms with Gasteiger partial charge in [-0.1, -0.05) is 0 Å². The van der Waals surface area contributed by atoms with E-state index in [1.807, 2.05) is 20.8 Å². The van der Waals surface area contributed by atoms with Crippen LogP contribution in [-0.4, -0.2) is 35.6 Å². The predicted octanol–water partition coefficient (Wildman–Crippen LogP) is 1.45. The van der Waals surface area contributed by atoms with Crippen molar-refractivity contribution in [2.75, 3.05) is 13.2 Å². The lowest BCUT2D eigenvalue weighted by molar-refractivity contribution is 0.0525. The van der Waals surface area contributed by atoms with Crippen LogP contribution in [0.5, 0.6) is 0 Å². The zero-order valence-corrected chi connectivity index (χ0v) is 9.99. The minimum absolute atomic E-state index is 0.0550. The first-order valence-electron chi connectivity index (χ1n) is 5.39. The van der Waals surface area contributed by atoms with E-state index in [0.717, 1.165) is 0 Å². The van der Waals surface area contributed by atoms with Crippen molar-refractivity contribution >= 4 is 6.09 Å². The molecule has 0 aromatic rings. The molecule has 2 N–H and O–H groups in total. The predicted molar refractivity (Wildman–Crippen MR) is 58.1 cm³/mol. The Morgan fingerprint density at radius 3 is 2.44 bits per heavy atom. The van der Waals surface area contributed by atoms with E-state index in [1.54, 1.807) is 0 Å². The molecule has 0 unspecified atom stereocenters. The maximum Gasteiger partial charge on any atom is 0.407 e. The van der Waals surface area contributed by atoms with Gasteiger partial charge in [0, 0.05) is 26.0 Å². The summed E-state index contributed by atoms with van der Waals surface area (Å²) in [4.78, 5) is 11.3. The summed E-state index contributed by atoms with van der Waals surface area (Å²) in [6, 6.07) is 0. The average molecular weight is 229 g/mol. The molecule has 0 aromatic heterocycles. The third kappa shape index (κ3) is 4.57. The summed E-state index contributed by atoms with van der Waals surface area (Å²) in [6.07, 6.45) is 0.683. The van der Waals surface area contributed by atoms with Crippen molar-refractivity contribution in [2.45, 2.75) is 44.9 Å². The minimum atomic E-state index is -0.485. The molecule has 0 bridgehead atoms. The van der Waals surface area contributed by atoms with Crippen LogP contribution < -0.4 is 5.32 Å². The van der Waals surface area contributed by atoms with Crippen molar-refractivity contribution in [3.05, 3.63) is 0 Å².